The van der Waals surface area contributed by atoms with E-state index in [1.165, 1.54) is 83.5 Å². The number of amides is 1. The second kappa shape index (κ2) is 56.0. The summed E-state index contributed by atoms with van der Waals surface area (Å²) in [5, 5.41) is 120. The summed E-state index contributed by atoms with van der Waals surface area (Å²) < 4.78 is 34.3. The molecule has 3 rings (SSSR count). The van der Waals surface area contributed by atoms with E-state index < -0.39 is 124 Å². The third-order valence-electron chi connectivity index (χ3n) is 17.2. The highest BCUT2D eigenvalue weighted by Gasteiger charge is 2.53. The van der Waals surface area contributed by atoms with Crippen LogP contribution in [-0.2, 0) is 33.2 Å². The van der Waals surface area contributed by atoms with Gasteiger partial charge in [-0.25, -0.2) is 0 Å². The van der Waals surface area contributed by atoms with E-state index in [1.807, 2.05) is 6.08 Å². The first-order valence-corrected chi connectivity index (χ1v) is 36.3. The molecule has 19 heteroatoms. The number of nitrogens with one attached hydrogen (secondary N) is 1. The Kier molecular flexibility index (Phi) is 50.3. The average Bonchev–Trinajstić information content (AvgIpc) is 0.787. The van der Waals surface area contributed by atoms with E-state index in [0.29, 0.717) is 12.8 Å². The molecular weight excluding hydrogens is 1210 g/mol. The van der Waals surface area contributed by atoms with Crippen molar-refractivity contribution in [3.05, 3.63) is 122 Å². The van der Waals surface area contributed by atoms with E-state index in [1.54, 1.807) is 6.08 Å². The molecule has 544 valence electrons. The monoisotopic (exact) mass is 1340 g/mol. The first-order chi connectivity index (χ1) is 46.3. The molecule has 3 heterocycles. The zero-order valence-corrected chi connectivity index (χ0v) is 57.6. The lowest BCUT2D eigenvalue weighted by molar-refractivity contribution is -0.379. The molecule has 3 aliphatic heterocycles. The second-order valence-corrected chi connectivity index (χ2v) is 25.3. The molecule has 3 aliphatic rings. The first kappa shape index (κ1) is 85.4. The molecule has 0 aromatic carbocycles. The molecule has 0 radical (unpaired) electrons. The predicted octanol–water partition coefficient (Wildman–Crippen LogP) is 10.4. The lowest BCUT2D eigenvalue weighted by Crippen LogP contribution is -2.66. The number of carbonyl (C=O) groups excluding carboxylic acids is 1. The molecule has 0 aliphatic carbocycles. The Hall–Kier alpha value is -3.81. The molecule has 95 heavy (non-hydrogen) atoms. The summed E-state index contributed by atoms with van der Waals surface area (Å²) in [4.78, 5) is 13.4. The summed E-state index contributed by atoms with van der Waals surface area (Å²) in [6, 6.07) is -0.995. The molecule has 0 bridgehead atoms. The maximum absolute atomic E-state index is 13.4. The third kappa shape index (κ3) is 37.3. The van der Waals surface area contributed by atoms with Crippen molar-refractivity contribution in [2.75, 3.05) is 26.4 Å². The lowest BCUT2D eigenvalue weighted by Gasteiger charge is -2.48. The van der Waals surface area contributed by atoms with E-state index in [-0.39, 0.29) is 18.9 Å². The molecule has 0 aromatic heterocycles. The molecule has 3 fully saturated rings. The van der Waals surface area contributed by atoms with Gasteiger partial charge < -0.3 is 89.9 Å². The van der Waals surface area contributed by atoms with E-state index >= 15 is 0 Å². The van der Waals surface area contributed by atoms with Gasteiger partial charge in [-0.1, -0.05) is 238 Å². The fourth-order valence-electron chi connectivity index (χ4n) is 11.4. The van der Waals surface area contributed by atoms with Crippen LogP contribution in [0.1, 0.15) is 219 Å². The maximum Gasteiger partial charge on any atom is 0.220 e. The fraction of sp³-hybridized carbons (Fsp3) is 0.724. The van der Waals surface area contributed by atoms with Gasteiger partial charge in [0.2, 0.25) is 5.91 Å². The molecule has 17 atom stereocenters. The van der Waals surface area contributed by atoms with Crippen LogP contribution >= 0.6 is 0 Å². The highest BCUT2D eigenvalue weighted by atomic mass is 16.8. The highest BCUT2D eigenvalue weighted by Crippen LogP contribution is 2.33. The van der Waals surface area contributed by atoms with Crippen molar-refractivity contribution < 1.29 is 89.4 Å². The van der Waals surface area contributed by atoms with Crippen LogP contribution in [0.3, 0.4) is 0 Å². The molecule has 19 nitrogen and oxygen atoms in total. The number of hydrogen-bond donors (Lipinski definition) is 12. The van der Waals surface area contributed by atoms with Crippen LogP contribution in [0.4, 0.5) is 0 Å². The smallest absolute Gasteiger partial charge is 0.220 e. The number of hydrogen-bond acceptors (Lipinski definition) is 18. The number of carbonyl (C=O) groups is 1. The number of aliphatic hydroxyl groups is 11. The van der Waals surface area contributed by atoms with Crippen LogP contribution in [0.2, 0.25) is 0 Å². The first-order valence-electron chi connectivity index (χ1n) is 36.3. The number of unbranched alkanes of at least 4 members (excludes halogenated alkanes) is 20. The number of allylic oxidation sites excluding steroid dienone is 19. The molecule has 3 saturated heterocycles. The zero-order valence-electron chi connectivity index (χ0n) is 57.6. The summed E-state index contributed by atoms with van der Waals surface area (Å²) in [5.74, 6) is -0.292. The SMILES string of the molecule is CC/C=C\C/C=C\C/C=C\C/C=C\C/C=C\C/C=C\C/C=C\C/C=C\CCCCCCCCCCCCCCCCC(=O)NC(COC1OC(CO)C(OC2OC(CO)C(OC3OC(CO)C(O)C(O)C3O)C(O)C2O)C(O)C1O)C(O)/C=C/CC/C=C/CCCCCCC. The van der Waals surface area contributed by atoms with E-state index in [4.69, 9.17) is 28.4 Å². The van der Waals surface area contributed by atoms with Gasteiger partial charge in [-0.2, -0.15) is 0 Å². The van der Waals surface area contributed by atoms with Crippen molar-refractivity contribution in [2.45, 2.75) is 324 Å². The number of aliphatic hydroxyl groups excluding tert-OH is 11. The molecule has 0 saturated carbocycles. The molecule has 0 aromatic rings. The Morgan fingerprint density at radius 3 is 1.18 bits per heavy atom. The van der Waals surface area contributed by atoms with Crippen LogP contribution in [0, 0.1) is 0 Å². The van der Waals surface area contributed by atoms with Gasteiger partial charge in [0.1, 0.15) is 73.2 Å². The van der Waals surface area contributed by atoms with Gasteiger partial charge in [-0.05, 0) is 96.3 Å². The van der Waals surface area contributed by atoms with Crippen molar-refractivity contribution in [3.63, 3.8) is 0 Å². The minimum absolute atomic E-state index is 0.228. The second-order valence-electron chi connectivity index (χ2n) is 25.3. The van der Waals surface area contributed by atoms with Gasteiger partial charge in [0.15, 0.2) is 18.9 Å². The standard InChI is InChI=1S/C76H127NO18/c1-3-5-7-9-11-13-15-16-17-18-19-20-21-22-23-24-25-26-27-28-29-30-31-32-33-34-35-36-37-38-39-40-41-42-44-46-48-50-52-54-64(82)77-59(60(81)53-51-49-47-45-43-14-12-10-8-6-4-2)58-90-74-70(88)67(85)72(62(56-79)92-74)95-76-71(89)68(86)73(63(57-80)93-76)94-75-69(87)66(84)65(83)61(55-78)91-75/h5,7,11,13,16-17,19-20,22-23,25-26,28-29,31-32,43,45,51,53,59-63,65-76,78-81,83-89H,3-4,6,8-10,12,14-15,18,21,24,27,30,33-42,44,46-50,52,54-58H2,1-2H3,(H,77,82)/b7-5-,13-11-,17-16-,20-19-,23-22-,26-25-,29-28-,32-31-,45-43+,53-51+. The third-order valence-corrected chi connectivity index (χ3v) is 17.2. The molecule has 17 unspecified atom stereocenters. The summed E-state index contributed by atoms with van der Waals surface area (Å²) in [6.07, 6.45) is 50.7. The average molecular weight is 1340 g/mol. The molecule has 0 spiro atoms. The highest BCUT2D eigenvalue weighted by molar-refractivity contribution is 5.76. The van der Waals surface area contributed by atoms with Crippen molar-refractivity contribution in [1.82, 2.24) is 5.32 Å². The fourth-order valence-corrected chi connectivity index (χ4v) is 11.4. The van der Waals surface area contributed by atoms with E-state index in [0.717, 1.165) is 103 Å². The van der Waals surface area contributed by atoms with Crippen LogP contribution in [0.5, 0.6) is 0 Å². The summed E-state index contributed by atoms with van der Waals surface area (Å²) >= 11 is 0. The summed E-state index contributed by atoms with van der Waals surface area (Å²) in [6.45, 7) is 1.54. The molecular formula is C76H127NO18. The quantitative estimate of drug-likeness (QED) is 0.0199. The van der Waals surface area contributed by atoms with Crippen molar-refractivity contribution >= 4 is 5.91 Å². The Bertz CT molecular complexity index is 2190. The van der Waals surface area contributed by atoms with Crippen molar-refractivity contribution in [3.8, 4) is 0 Å². The Morgan fingerprint density at radius 2 is 0.737 bits per heavy atom. The van der Waals surface area contributed by atoms with Crippen molar-refractivity contribution in [2.24, 2.45) is 0 Å². The van der Waals surface area contributed by atoms with E-state index in [9.17, 15) is 61.0 Å². The molecule has 12 N–H and O–H groups in total. The van der Waals surface area contributed by atoms with Gasteiger partial charge in [0, 0.05) is 6.42 Å². The lowest BCUT2D eigenvalue weighted by atomic mass is 9.96. The Morgan fingerprint density at radius 1 is 0.389 bits per heavy atom. The minimum Gasteiger partial charge on any atom is -0.394 e. The zero-order chi connectivity index (χ0) is 68.9. The minimum atomic E-state index is -1.98. The van der Waals surface area contributed by atoms with Gasteiger partial charge in [0.05, 0.1) is 38.6 Å². The van der Waals surface area contributed by atoms with Crippen LogP contribution in [-0.4, -0.2) is 193 Å². The Labute approximate surface area is 569 Å². The van der Waals surface area contributed by atoms with Crippen LogP contribution in [0.25, 0.3) is 0 Å². The maximum atomic E-state index is 13.4. The normalized spacial score (nSPS) is 27.9. The van der Waals surface area contributed by atoms with Gasteiger partial charge in [-0.15, -0.1) is 0 Å². The van der Waals surface area contributed by atoms with Crippen LogP contribution in [0.15, 0.2) is 122 Å². The number of rotatable bonds is 54. The van der Waals surface area contributed by atoms with Crippen LogP contribution < -0.4 is 5.32 Å². The Balaban J connectivity index is 1.31. The topological polar surface area (TPSA) is 307 Å². The summed E-state index contributed by atoms with van der Waals surface area (Å²) in [7, 11) is 0. The predicted molar refractivity (Wildman–Crippen MR) is 373 cm³/mol. The summed E-state index contributed by atoms with van der Waals surface area (Å²) in [5.41, 5.74) is 0. The van der Waals surface area contributed by atoms with Crippen molar-refractivity contribution in [1.29, 1.82) is 0 Å². The van der Waals surface area contributed by atoms with Gasteiger partial charge >= 0.3 is 0 Å². The largest absolute Gasteiger partial charge is 0.394 e. The van der Waals surface area contributed by atoms with Gasteiger partial charge in [-0.3, -0.25) is 4.79 Å². The number of ether oxygens (including phenoxy) is 6. The molecule has 1 amide bonds. The van der Waals surface area contributed by atoms with E-state index in [2.05, 4.69) is 129 Å². The van der Waals surface area contributed by atoms with Gasteiger partial charge in [0.25, 0.3) is 0 Å².